The summed E-state index contributed by atoms with van der Waals surface area (Å²) in [4.78, 5) is 32.8. The molecule has 1 saturated heterocycles. The minimum Gasteiger partial charge on any atom is -0.355 e. The summed E-state index contributed by atoms with van der Waals surface area (Å²) in [5.41, 5.74) is -0.784. The Kier molecular flexibility index (Phi) is 5.76. The van der Waals surface area contributed by atoms with Crippen LogP contribution in [0.5, 0.6) is 0 Å². The molecule has 0 bridgehead atoms. The molecule has 1 aromatic rings. The molecule has 6 nitrogen and oxygen atoms in total. The summed E-state index contributed by atoms with van der Waals surface area (Å²) in [6.07, 6.45) is -2.75. The average Bonchev–Trinajstić information content (AvgIpc) is 2.87. The first-order valence-corrected chi connectivity index (χ1v) is 7.79. The van der Waals surface area contributed by atoms with Crippen LogP contribution < -0.4 is 5.32 Å². The largest absolute Gasteiger partial charge is 0.433 e. The van der Waals surface area contributed by atoms with Gasteiger partial charge >= 0.3 is 6.18 Å². The molecule has 0 spiro atoms. The maximum Gasteiger partial charge on any atom is 0.433 e. The Balaban J connectivity index is 1.89. The van der Waals surface area contributed by atoms with E-state index in [2.05, 4.69) is 21.9 Å². The van der Waals surface area contributed by atoms with Gasteiger partial charge in [0.05, 0.1) is 5.92 Å². The molecule has 1 atom stereocenters. The molecule has 0 radical (unpaired) electrons. The summed E-state index contributed by atoms with van der Waals surface area (Å²) in [5, 5.41) is 2.63. The van der Waals surface area contributed by atoms with Crippen molar-refractivity contribution in [3.8, 4) is 0 Å². The second-order valence-corrected chi connectivity index (χ2v) is 5.84. The van der Waals surface area contributed by atoms with Crippen LogP contribution in [0.4, 0.5) is 13.2 Å². The van der Waals surface area contributed by atoms with Crippen LogP contribution in [0, 0.1) is 12.8 Å². The van der Waals surface area contributed by atoms with Crippen molar-refractivity contribution in [3.05, 3.63) is 35.9 Å². The van der Waals surface area contributed by atoms with Crippen LogP contribution in [0.2, 0.25) is 0 Å². The minimum atomic E-state index is -4.54. The van der Waals surface area contributed by atoms with Gasteiger partial charge in [-0.05, 0) is 13.0 Å². The number of rotatable bonds is 6. The van der Waals surface area contributed by atoms with Crippen LogP contribution in [0.15, 0.2) is 18.7 Å². The number of hydrogen-bond acceptors (Lipinski definition) is 4. The molecule has 1 aliphatic rings. The quantitative estimate of drug-likeness (QED) is 0.784. The molecule has 136 valence electrons. The number of alkyl halides is 3. The van der Waals surface area contributed by atoms with Gasteiger partial charge < -0.3 is 10.2 Å². The number of carbonyl (C=O) groups excluding carboxylic acids is 2. The number of aryl methyl sites for hydroxylation is 1. The number of hydrogen-bond donors (Lipinski definition) is 1. The Morgan fingerprint density at radius 1 is 1.48 bits per heavy atom. The third-order valence-electron chi connectivity index (χ3n) is 3.77. The van der Waals surface area contributed by atoms with Crippen LogP contribution in [0.3, 0.4) is 0 Å². The zero-order valence-electron chi connectivity index (χ0n) is 13.8. The van der Waals surface area contributed by atoms with Crippen molar-refractivity contribution in [1.82, 2.24) is 20.2 Å². The molecule has 2 heterocycles. The number of nitrogens with one attached hydrogen (secondary N) is 1. The highest BCUT2D eigenvalue weighted by Crippen LogP contribution is 2.27. The fourth-order valence-electron chi connectivity index (χ4n) is 2.61. The molecule has 0 aliphatic carbocycles. The van der Waals surface area contributed by atoms with Gasteiger partial charge in [0.1, 0.15) is 11.5 Å². The molecular weight excluding hydrogens is 337 g/mol. The van der Waals surface area contributed by atoms with Crippen molar-refractivity contribution in [3.63, 3.8) is 0 Å². The van der Waals surface area contributed by atoms with Gasteiger partial charge in [-0.2, -0.15) is 13.2 Å². The highest BCUT2D eigenvalue weighted by atomic mass is 19.4. The van der Waals surface area contributed by atoms with Gasteiger partial charge in [0, 0.05) is 38.2 Å². The highest BCUT2D eigenvalue weighted by molar-refractivity contribution is 5.89. The first-order chi connectivity index (χ1) is 11.7. The fourth-order valence-corrected chi connectivity index (χ4v) is 2.61. The van der Waals surface area contributed by atoms with Crippen molar-refractivity contribution in [2.24, 2.45) is 5.92 Å². The van der Waals surface area contributed by atoms with Crippen LogP contribution in [0.1, 0.15) is 23.6 Å². The lowest BCUT2D eigenvalue weighted by atomic mass is 10.1. The van der Waals surface area contributed by atoms with Gasteiger partial charge in [-0.1, -0.05) is 6.08 Å². The Morgan fingerprint density at radius 3 is 2.84 bits per heavy atom. The summed E-state index contributed by atoms with van der Waals surface area (Å²) in [7, 11) is 0. The van der Waals surface area contributed by atoms with E-state index in [1.54, 1.807) is 6.08 Å². The lowest BCUT2D eigenvalue weighted by molar-refractivity contribution is -0.141. The molecule has 1 aromatic heterocycles. The van der Waals surface area contributed by atoms with Gasteiger partial charge in [0.15, 0.2) is 0 Å². The predicted octanol–water partition coefficient (Wildman–Crippen LogP) is 1.50. The molecule has 2 amide bonds. The van der Waals surface area contributed by atoms with Crippen molar-refractivity contribution >= 4 is 11.8 Å². The van der Waals surface area contributed by atoms with Crippen LogP contribution in [-0.2, 0) is 22.2 Å². The molecular formula is C16H19F3N4O2. The van der Waals surface area contributed by atoms with Crippen LogP contribution in [-0.4, -0.2) is 46.3 Å². The first-order valence-electron chi connectivity index (χ1n) is 7.79. The van der Waals surface area contributed by atoms with Gasteiger partial charge in [-0.3, -0.25) is 9.59 Å². The number of amides is 2. The van der Waals surface area contributed by atoms with E-state index in [9.17, 15) is 22.8 Å². The summed E-state index contributed by atoms with van der Waals surface area (Å²) in [6.45, 7) is 5.82. The standard InChI is InChI=1S/C16H19F3N4O2/c1-3-6-23-9-11(8-14(23)24)15(25)20-5-4-13-21-10(2)7-12(22-13)16(17,18)19/h3,7,11H,1,4-6,8-9H2,2H3,(H,20,25)/t11-/m1/s1. The van der Waals surface area contributed by atoms with Crippen molar-refractivity contribution in [1.29, 1.82) is 0 Å². The zero-order valence-corrected chi connectivity index (χ0v) is 13.8. The van der Waals surface area contributed by atoms with Gasteiger partial charge in [0.2, 0.25) is 11.8 Å². The van der Waals surface area contributed by atoms with E-state index >= 15 is 0 Å². The lowest BCUT2D eigenvalue weighted by Crippen LogP contribution is -2.34. The zero-order chi connectivity index (χ0) is 18.6. The topological polar surface area (TPSA) is 75.2 Å². The Labute approximate surface area is 143 Å². The fraction of sp³-hybridized carbons (Fsp3) is 0.500. The minimum absolute atomic E-state index is 0.0170. The summed E-state index contributed by atoms with van der Waals surface area (Å²) >= 11 is 0. The highest BCUT2D eigenvalue weighted by Gasteiger charge is 2.34. The third-order valence-corrected chi connectivity index (χ3v) is 3.77. The maximum absolute atomic E-state index is 12.7. The molecule has 0 saturated carbocycles. The summed E-state index contributed by atoms with van der Waals surface area (Å²) in [6, 6.07) is 0.875. The van der Waals surface area contributed by atoms with E-state index < -0.39 is 17.8 Å². The Morgan fingerprint density at radius 2 is 2.20 bits per heavy atom. The normalized spacial score (nSPS) is 17.7. The van der Waals surface area contributed by atoms with E-state index in [4.69, 9.17) is 0 Å². The van der Waals surface area contributed by atoms with Crippen LogP contribution >= 0.6 is 0 Å². The number of nitrogens with zero attached hydrogens (tertiary/aromatic N) is 3. The Bertz CT molecular complexity index is 676. The molecule has 0 aromatic carbocycles. The second-order valence-electron chi connectivity index (χ2n) is 5.84. The van der Waals surface area contributed by atoms with E-state index in [0.29, 0.717) is 13.1 Å². The van der Waals surface area contributed by atoms with Crippen LogP contribution in [0.25, 0.3) is 0 Å². The van der Waals surface area contributed by atoms with E-state index in [-0.39, 0.29) is 42.7 Å². The van der Waals surface area contributed by atoms with E-state index in [1.807, 2.05) is 0 Å². The molecule has 25 heavy (non-hydrogen) atoms. The van der Waals surface area contributed by atoms with E-state index in [0.717, 1.165) is 6.07 Å². The van der Waals surface area contributed by atoms with Gasteiger partial charge in [-0.15, -0.1) is 6.58 Å². The van der Waals surface area contributed by atoms with Gasteiger partial charge in [0.25, 0.3) is 0 Å². The van der Waals surface area contributed by atoms with Gasteiger partial charge in [-0.25, -0.2) is 9.97 Å². The number of likely N-dealkylation sites (tertiary alicyclic amines) is 1. The van der Waals surface area contributed by atoms with Crippen molar-refractivity contribution in [2.45, 2.75) is 25.9 Å². The smallest absolute Gasteiger partial charge is 0.355 e. The summed E-state index contributed by atoms with van der Waals surface area (Å²) < 4.78 is 38.2. The van der Waals surface area contributed by atoms with Crippen molar-refractivity contribution < 1.29 is 22.8 Å². The second kappa shape index (κ2) is 7.62. The monoisotopic (exact) mass is 356 g/mol. The van der Waals surface area contributed by atoms with Crippen molar-refractivity contribution in [2.75, 3.05) is 19.6 Å². The number of aromatic nitrogens is 2. The average molecular weight is 356 g/mol. The Hall–Kier alpha value is -2.45. The summed E-state index contributed by atoms with van der Waals surface area (Å²) in [5.74, 6) is -0.861. The molecule has 9 heteroatoms. The predicted molar refractivity (Wildman–Crippen MR) is 83.4 cm³/mol. The SMILES string of the molecule is C=CCN1C[C@H](C(=O)NCCc2nc(C)cc(C(F)(F)F)n2)CC1=O. The molecule has 1 fully saturated rings. The molecule has 1 aliphatic heterocycles. The molecule has 0 unspecified atom stereocenters. The lowest BCUT2D eigenvalue weighted by Gasteiger charge is -2.14. The molecule has 1 N–H and O–H groups in total. The molecule has 2 rings (SSSR count). The first kappa shape index (κ1) is 18.9. The number of carbonyl (C=O) groups is 2. The maximum atomic E-state index is 12.7. The third kappa shape index (κ3) is 5.01. The number of halogens is 3. The van der Waals surface area contributed by atoms with E-state index in [1.165, 1.54) is 11.8 Å².